The topological polar surface area (TPSA) is 17.0 Å². The summed E-state index contributed by atoms with van der Waals surface area (Å²) in [6, 6.07) is 13.0. The van der Waals surface area contributed by atoms with Gasteiger partial charge in [0.2, 0.25) is 0 Å². The maximum Gasteiger partial charge on any atom is 0.0483 e. The van der Waals surface area contributed by atoms with Gasteiger partial charge in [0.15, 0.2) is 0 Å². The molecular formula is C17H20N2S. The normalized spacial score (nSPS) is 11.3. The summed E-state index contributed by atoms with van der Waals surface area (Å²) in [6.45, 7) is 6.23. The van der Waals surface area contributed by atoms with Gasteiger partial charge in [-0.05, 0) is 37.6 Å². The zero-order valence-electron chi connectivity index (χ0n) is 12.2. The molecule has 0 fully saturated rings. The number of rotatable bonds is 4. The van der Waals surface area contributed by atoms with E-state index in [1.807, 2.05) is 11.3 Å². The average molecular weight is 284 g/mol. The first kappa shape index (κ1) is 13.4. The number of nitrogens with one attached hydrogen (secondary N) is 1. The monoisotopic (exact) mass is 284 g/mol. The van der Waals surface area contributed by atoms with Gasteiger partial charge in [0.25, 0.3) is 0 Å². The third-order valence-corrected chi connectivity index (χ3v) is 4.90. The summed E-state index contributed by atoms with van der Waals surface area (Å²) < 4.78 is 2.30. The molecule has 0 aliphatic rings. The van der Waals surface area contributed by atoms with Gasteiger partial charge in [-0.1, -0.05) is 18.2 Å². The number of fused-ring (bicyclic) bond motifs is 1. The Morgan fingerprint density at radius 2 is 1.85 bits per heavy atom. The van der Waals surface area contributed by atoms with Gasteiger partial charge in [0.05, 0.1) is 0 Å². The van der Waals surface area contributed by atoms with Crippen molar-refractivity contribution < 1.29 is 0 Å². The third-order valence-electron chi connectivity index (χ3n) is 3.89. The number of nitrogens with zero attached hydrogens (tertiary/aromatic N) is 1. The SMILES string of the molecule is Cc1ccc(CNCc2c(C)c3ccccc3n2C)s1. The third kappa shape index (κ3) is 2.39. The Hall–Kier alpha value is -1.58. The highest BCUT2D eigenvalue weighted by atomic mass is 32.1. The Bertz CT molecular complexity index is 698. The van der Waals surface area contributed by atoms with E-state index in [9.17, 15) is 0 Å². The Kier molecular flexibility index (Phi) is 3.64. The molecule has 0 radical (unpaired) electrons. The van der Waals surface area contributed by atoms with Crippen molar-refractivity contribution in [3.8, 4) is 0 Å². The lowest BCUT2D eigenvalue weighted by Gasteiger charge is -2.07. The van der Waals surface area contributed by atoms with Crippen LogP contribution in [0.15, 0.2) is 36.4 Å². The summed E-state index contributed by atoms with van der Waals surface area (Å²) in [7, 11) is 2.15. The van der Waals surface area contributed by atoms with Gasteiger partial charge in [-0.15, -0.1) is 11.3 Å². The zero-order chi connectivity index (χ0) is 14.1. The molecule has 0 saturated heterocycles. The first-order chi connectivity index (χ1) is 9.66. The van der Waals surface area contributed by atoms with E-state index < -0.39 is 0 Å². The molecule has 2 aromatic heterocycles. The largest absolute Gasteiger partial charge is 0.346 e. The molecule has 2 heterocycles. The highest BCUT2D eigenvalue weighted by molar-refractivity contribution is 7.11. The minimum absolute atomic E-state index is 0.911. The lowest BCUT2D eigenvalue weighted by atomic mass is 10.1. The van der Waals surface area contributed by atoms with Crippen molar-refractivity contribution in [2.45, 2.75) is 26.9 Å². The molecule has 20 heavy (non-hydrogen) atoms. The van der Waals surface area contributed by atoms with Crippen LogP contribution in [0.3, 0.4) is 0 Å². The lowest BCUT2D eigenvalue weighted by molar-refractivity contribution is 0.662. The number of aryl methyl sites for hydroxylation is 3. The van der Waals surface area contributed by atoms with Crippen molar-refractivity contribution in [1.29, 1.82) is 0 Å². The Morgan fingerprint density at radius 3 is 2.55 bits per heavy atom. The molecule has 0 spiro atoms. The molecular weight excluding hydrogens is 264 g/mol. The first-order valence-electron chi connectivity index (χ1n) is 6.95. The van der Waals surface area contributed by atoms with Crippen LogP contribution in [-0.4, -0.2) is 4.57 Å². The highest BCUT2D eigenvalue weighted by Gasteiger charge is 2.10. The molecule has 0 amide bonds. The van der Waals surface area contributed by atoms with Crippen molar-refractivity contribution in [1.82, 2.24) is 9.88 Å². The smallest absolute Gasteiger partial charge is 0.0483 e. The van der Waals surface area contributed by atoms with Gasteiger partial charge >= 0.3 is 0 Å². The van der Waals surface area contributed by atoms with Crippen molar-refractivity contribution in [3.05, 3.63) is 57.4 Å². The lowest BCUT2D eigenvalue weighted by Crippen LogP contribution is -2.15. The van der Waals surface area contributed by atoms with E-state index in [2.05, 4.69) is 67.2 Å². The number of para-hydroxylation sites is 1. The van der Waals surface area contributed by atoms with Gasteiger partial charge in [-0.2, -0.15) is 0 Å². The number of hydrogen-bond acceptors (Lipinski definition) is 2. The quantitative estimate of drug-likeness (QED) is 0.761. The second kappa shape index (κ2) is 5.43. The molecule has 3 aromatic rings. The summed E-state index contributed by atoms with van der Waals surface area (Å²) in [4.78, 5) is 2.78. The standard InChI is InChI=1S/C17H20N2S/c1-12-8-9-14(20-12)10-18-11-17-13(2)15-6-4-5-7-16(15)19(17)3/h4-9,18H,10-11H2,1-3H3. The molecule has 2 nitrogen and oxygen atoms in total. The maximum atomic E-state index is 3.56. The molecule has 0 aliphatic heterocycles. The van der Waals surface area contributed by atoms with Gasteiger partial charge in [0.1, 0.15) is 0 Å². The van der Waals surface area contributed by atoms with E-state index in [0.29, 0.717) is 0 Å². The van der Waals surface area contributed by atoms with Crippen LogP contribution in [0.2, 0.25) is 0 Å². The Labute approximate surface area is 124 Å². The average Bonchev–Trinajstić information content (AvgIpc) is 2.97. The number of benzene rings is 1. The van der Waals surface area contributed by atoms with E-state index >= 15 is 0 Å². The second-order valence-electron chi connectivity index (χ2n) is 5.26. The molecule has 0 bridgehead atoms. The minimum atomic E-state index is 0.911. The van der Waals surface area contributed by atoms with Crippen LogP contribution >= 0.6 is 11.3 Å². The zero-order valence-corrected chi connectivity index (χ0v) is 13.1. The van der Waals surface area contributed by atoms with Crippen molar-refractivity contribution in [3.63, 3.8) is 0 Å². The van der Waals surface area contributed by atoms with Gasteiger partial charge in [-0.3, -0.25) is 0 Å². The van der Waals surface area contributed by atoms with Gasteiger partial charge in [0, 0.05) is 46.5 Å². The fraction of sp³-hybridized carbons (Fsp3) is 0.294. The van der Waals surface area contributed by atoms with Crippen molar-refractivity contribution in [2.24, 2.45) is 7.05 Å². The van der Waals surface area contributed by atoms with Crippen LogP contribution in [0.5, 0.6) is 0 Å². The predicted octanol–water partition coefficient (Wildman–Crippen LogP) is 4.15. The Morgan fingerprint density at radius 1 is 1.05 bits per heavy atom. The fourth-order valence-electron chi connectivity index (χ4n) is 2.77. The highest BCUT2D eigenvalue weighted by Crippen LogP contribution is 2.24. The van der Waals surface area contributed by atoms with Gasteiger partial charge in [-0.25, -0.2) is 0 Å². The molecule has 1 N–H and O–H groups in total. The molecule has 0 unspecified atom stereocenters. The van der Waals surface area contributed by atoms with Crippen LogP contribution in [0.1, 0.15) is 21.0 Å². The van der Waals surface area contributed by atoms with E-state index in [0.717, 1.165) is 13.1 Å². The van der Waals surface area contributed by atoms with Gasteiger partial charge < -0.3 is 9.88 Å². The molecule has 0 saturated carbocycles. The minimum Gasteiger partial charge on any atom is -0.346 e. The second-order valence-corrected chi connectivity index (χ2v) is 6.64. The van der Waals surface area contributed by atoms with Crippen LogP contribution in [0.25, 0.3) is 10.9 Å². The number of aromatic nitrogens is 1. The van der Waals surface area contributed by atoms with E-state index in [1.165, 1.54) is 31.9 Å². The summed E-state index contributed by atoms with van der Waals surface area (Å²) in [5.41, 5.74) is 4.08. The fourth-order valence-corrected chi connectivity index (χ4v) is 3.63. The summed E-state index contributed by atoms with van der Waals surface area (Å²) >= 11 is 1.87. The summed E-state index contributed by atoms with van der Waals surface area (Å²) in [5, 5.41) is 4.92. The Balaban J connectivity index is 1.77. The molecule has 0 aliphatic carbocycles. The first-order valence-corrected chi connectivity index (χ1v) is 7.77. The van der Waals surface area contributed by atoms with E-state index in [1.54, 1.807) is 0 Å². The molecule has 104 valence electrons. The molecule has 1 aromatic carbocycles. The summed E-state index contributed by atoms with van der Waals surface area (Å²) in [5.74, 6) is 0. The van der Waals surface area contributed by atoms with E-state index in [4.69, 9.17) is 0 Å². The molecule has 3 rings (SSSR count). The number of thiophene rings is 1. The molecule has 3 heteroatoms. The van der Waals surface area contributed by atoms with Crippen molar-refractivity contribution >= 4 is 22.2 Å². The predicted molar refractivity (Wildman–Crippen MR) is 87.3 cm³/mol. The number of hydrogen-bond donors (Lipinski definition) is 1. The van der Waals surface area contributed by atoms with Crippen LogP contribution in [0, 0.1) is 13.8 Å². The van der Waals surface area contributed by atoms with Crippen molar-refractivity contribution in [2.75, 3.05) is 0 Å². The summed E-state index contributed by atoms with van der Waals surface area (Å²) in [6.07, 6.45) is 0. The van der Waals surface area contributed by atoms with Crippen LogP contribution in [0.4, 0.5) is 0 Å². The van der Waals surface area contributed by atoms with Crippen LogP contribution in [-0.2, 0) is 20.1 Å². The maximum absolute atomic E-state index is 3.56. The van der Waals surface area contributed by atoms with E-state index in [-0.39, 0.29) is 0 Å². The molecule has 0 atom stereocenters. The van der Waals surface area contributed by atoms with Crippen LogP contribution < -0.4 is 5.32 Å².